The van der Waals surface area contributed by atoms with Gasteiger partial charge in [-0.25, -0.2) is 0 Å². The van der Waals surface area contributed by atoms with Gasteiger partial charge < -0.3 is 4.74 Å². The third kappa shape index (κ3) is 4.53. The number of hydrogen-bond acceptors (Lipinski definition) is 2. The standard InChI is InChI=1S/C25H33NO/c1-7-14-27-24-19(9-3)15-23(16-21(24)17-26)25(5,6)22-12-10-20(11-13-22)18(4)8-2/h10-13,15-16,18H,7-9,14H2,1-6H3. The monoisotopic (exact) mass is 363 g/mol. The Kier molecular flexibility index (Phi) is 7.08. The lowest BCUT2D eigenvalue weighted by atomic mass is 9.76. The normalized spacial score (nSPS) is 12.5. The lowest BCUT2D eigenvalue weighted by molar-refractivity contribution is 0.313. The lowest BCUT2D eigenvalue weighted by Crippen LogP contribution is -2.20. The fraction of sp³-hybridized carbons (Fsp3) is 0.480. The van der Waals surface area contributed by atoms with Crippen molar-refractivity contribution in [1.29, 1.82) is 5.26 Å². The molecule has 144 valence electrons. The van der Waals surface area contributed by atoms with Gasteiger partial charge >= 0.3 is 0 Å². The number of aryl methyl sites for hydroxylation is 1. The maximum atomic E-state index is 9.69. The van der Waals surface area contributed by atoms with Gasteiger partial charge in [0.25, 0.3) is 0 Å². The lowest BCUT2D eigenvalue weighted by Gasteiger charge is -2.28. The number of hydrogen-bond donors (Lipinski definition) is 0. The van der Waals surface area contributed by atoms with E-state index in [-0.39, 0.29) is 5.41 Å². The summed E-state index contributed by atoms with van der Waals surface area (Å²) in [6, 6.07) is 15.5. The smallest absolute Gasteiger partial charge is 0.140 e. The summed E-state index contributed by atoms with van der Waals surface area (Å²) in [4.78, 5) is 0. The van der Waals surface area contributed by atoms with E-state index in [9.17, 15) is 5.26 Å². The van der Waals surface area contributed by atoms with Crippen LogP contribution in [0.25, 0.3) is 0 Å². The second-order valence-corrected chi connectivity index (χ2v) is 7.88. The summed E-state index contributed by atoms with van der Waals surface area (Å²) in [6.07, 6.45) is 2.93. The maximum absolute atomic E-state index is 9.69. The minimum Gasteiger partial charge on any atom is -0.492 e. The molecule has 2 aromatic carbocycles. The third-order valence-electron chi connectivity index (χ3n) is 5.65. The van der Waals surface area contributed by atoms with Gasteiger partial charge in [-0.2, -0.15) is 5.26 Å². The van der Waals surface area contributed by atoms with Crippen LogP contribution in [0.1, 0.15) is 88.1 Å². The highest BCUT2D eigenvalue weighted by atomic mass is 16.5. The van der Waals surface area contributed by atoms with E-state index in [1.54, 1.807) is 0 Å². The Morgan fingerprint density at radius 2 is 1.70 bits per heavy atom. The van der Waals surface area contributed by atoms with Crippen molar-refractivity contribution in [3.8, 4) is 11.8 Å². The summed E-state index contributed by atoms with van der Waals surface area (Å²) >= 11 is 0. The van der Waals surface area contributed by atoms with Crippen molar-refractivity contribution < 1.29 is 4.74 Å². The first-order valence-corrected chi connectivity index (χ1v) is 10.2. The molecule has 0 amide bonds. The van der Waals surface area contributed by atoms with Gasteiger partial charge in [0.15, 0.2) is 0 Å². The molecule has 0 saturated heterocycles. The Hall–Kier alpha value is -2.27. The van der Waals surface area contributed by atoms with E-state index in [0.29, 0.717) is 18.1 Å². The molecule has 2 rings (SSSR count). The first kappa shape index (κ1) is 21.0. The zero-order valence-corrected chi connectivity index (χ0v) is 17.7. The van der Waals surface area contributed by atoms with Crippen molar-refractivity contribution >= 4 is 0 Å². The zero-order valence-electron chi connectivity index (χ0n) is 17.7. The van der Waals surface area contributed by atoms with Gasteiger partial charge in [0, 0.05) is 5.41 Å². The van der Waals surface area contributed by atoms with Gasteiger partial charge in [-0.3, -0.25) is 0 Å². The summed E-state index contributed by atoms with van der Waals surface area (Å²) in [5.41, 5.74) is 5.39. The number of rotatable bonds is 8. The van der Waals surface area contributed by atoms with E-state index in [1.807, 2.05) is 6.07 Å². The maximum Gasteiger partial charge on any atom is 0.140 e. The highest BCUT2D eigenvalue weighted by molar-refractivity contribution is 5.54. The molecule has 0 aliphatic rings. The quantitative estimate of drug-likeness (QED) is 0.520. The van der Waals surface area contributed by atoms with Crippen LogP contribution in [-0.4, -0.2) is 6.61 Å². The molecule has 0 aliphatic carbocycles. The van der Waals surface area contributed by atoms with E-state index in [4.69, 9.17) is 4.74 Å². The number of nitrogens with zero attached hydrogens (tertiary/aromatic N) is 1. The predicted molar refractivity (Wildman–Crippen MR) is 114 cm³/mol. The average molecular weight is 364 g/mol. The highest BCUT2D eigenvalue weighted by Gasteiger charge is 2.26. The van der Waals surface area contributed by atoms with Gasteiger partial charge in [-0.1, -0.05) is 71.9 Å². The van der Waals surface area contributed by atoms with Crippen LogP contribution >= 0.6 is 0 Å². The molecule has 0 N–H and O–H groups in total. The molecule has 1 atom stereocenters. The molecular formula is C25H33NO. The van der Waals surface area contributed by atoms with Crippen LogP contribution in [-0.2, 0) is 11.8 Å². The van der Waals surface area contributed by atoms with Crippen molar-refractivity contribution in [2.75, 3.05) is 6.61 Å². The molecule has 1 unspecified atom stereocenters. The van der Waals surface area contributed by atoms with Gasteiger partial charge in [0.05, 0.1) is 12.2 Å². The summed E-state index contributed by atoms with van der Waals surface area (Å²) in [7, 11) is 0. The Labute approximate surface area is 165 Å². The number of nitriles is 1. The topological polar surface area (TPSA) is 33.0 Å². The van der Waals surface area contributed by atoms with Gasteiger partial charge in [-0.15, -0.1) is 0 Å². The van der Waals surface area contributed by atoms with Crippen LogP contribution in [0.3, 0.4) is 0 Å². The largest absolute Gasteiger partial charge is 0.492 e. The van der Waals surface area contributed by atoms with Gasteiger partial charge in [0.2, 0.25) is 0 Å². The first-order chi connectivity index (χ1) is 12.9. The molecule has 2 heteroatoms. The van der Waals surface area contributed by atoms with Crippen LogP contribution < -0.4 is 4.74 Å². The Bertz CT molecular complexity index is 796. The van der Waals surface area contributed by atoms with Gasteiger partial charge in [-0.05, 0) is 53.5 Å². The molecule has 0 aromatic heterocycles. The SMILES string of the molecule is CCCOc1c(C#N)cc(C(C)(C)c2ccc(C(C)CC)cc2)cc1CC. The average Bonchev–Trinajstić information content (AvgIpc) is 2.70. The molecule has 2 nitrogen and oxygen atoms in total. The molecular weight excluding hydrogens is 330 g/mol. The zero-order chi connectivity index (χ0) is 20.0. The second kappa shape index (κ2) is 9.09. The van der Waals surface area contributed by atoms with Crippen LogP contribution in [0.4, 0.5) is 0 Å². The van der Waals surface area contributed by atoms with Crippen molar-refractivity contribution in [1.82, 2.24) is 0 Å². The van der Waals surface area contributed by atoms with Crippen molar-refractivity contribution in [3.63, 3.8) is 0 Å². The fourth-order valence-electron chi connectivity index (χ4n) is 3.40. The minimum atomic E-state index is -0.174. The van der Waals surface area contributed by atoms with Crippen LogP contribution in [0.2, 0.25) is 0 Å². The molecule has 0 radical (unpaired) electrons. The van der Waals surface area contributed by atoms with E-state index < -0.39 is 0 Å². The molecule has 0 heterocycles. The highest BCUT2D eigenvalue weighted by Crippen LogP contribution is 2.37. The molecule has 27 heavy (non-hydrogen) atoms. The summed E-state index contributed by atoms with van der Waals surface area (Å²) in [5.74, 6) is 1.34. The number of ether oxygens (including phenoxy) is 1. The molecule has 0 spiro atoms. The predicted octanol–water partition coefficient (Wildman–Crippen LogP) is 6.75. The Morgan fingerprint density at radius 1 is 1.04 bits per heavy atom. The summed E-state index contributed by atoms with van der Waals surface area (Å²) in [6.45, 7) is 13.8. The van der Waals surface area contributed by atoms with E-state index in [0.717, 1.165) is 36.1 Å². The molecule has 0 bridgehead atoms. The van der Waals surface area contributed by atoms with Gasteiger partial charge in [0.1, 0.15) is 11.8 Å². The minimum absolute atomic E-state index is 0.174. The summed E-state index contributed by atoms with van der Waals surface area (Å²) in [5, 5.41) is 9.69. The fourth-order valence-corrected chi connectivity index (χ4v) is 3.40. The first-order valence-electron chi connectivity index (χ1n) is 10.2. The molecule has 0 aliphatic heterocycles. The van der Waals surface area contributed by atoms with Crippen LogP contribution in [0, 0.1) is 11.3 Å². The van der Waals surface area contributed by atoms with E-state index in [2.05, 4.69) is 77.9 Å². The van der Waals surface area contributed by atoms with Crippen molar-refractivity contribution in [2.24, 2.45) is 0 Å². The molecule has 0 fully saturated rings. The summed E-state index contributed by atoms with van der Waals surface area (Å²) < 4.78 is 5.90. The van der Waals surface area contributed by atoms with Crippen LogP contribution in [0.5, 0.6) is 5.75 Å². The van der Waals surface area contributed by atoms with Crippen LogP contribution in [0.15, 0.2) is 36.4 Å². The Balaban J connectivity index is 2.47. The van der Waals surface area contributed by atoms with Crippen molar-refractivity contribution in [2.45, 2.75) is 72.1 Å². The second-order valence-electron chi connectivity index (χ2n) is 7.88. The molecule has 0 saturated carbocycles. The van der Waals surface area contributed by atoms with E-state index >= 15 is 0 Å². The number of benzene rings is 2. The van der Waals surface area contributed by atoms with Crippen molar-refractivity contribution in [3.05, 3.63) is 64.2 Å². The van der Waals surface area contributed by atoms with E-state index in [1.165, 1.54) is 11.1 Å². The third-order valence-corrected chi connectivity index (χ3v) is 5.65. The Morgan fingerprint density at radius 3 is 2.22 bits per heavy atom. The molecule has 2 aromatic rings.